The molecule has 0 heterocycles. The van der Waals surface area contributed by atoms with Crippen LogP contribution in [-0.2, 0) is 19.6 Å². The first-order valence-electron chi connectivity index (χ1n) is 8.28. The van der Waals surface area contributed by atoms with Gasteiger partial charge in [0.05, 0.1) is 17.7 Å². The highest BCUT2D eigenvalue weighted by Gasteiger charge is 2.17. The highest BCUT2D eigenvalue weighted by Crippen LogP contribution is 2.30. The molecule has 5 nitrogen and oxygen atoms in total. The molecule has 0 spiro atoms. The van der Waals surface area contributed by atoms with E-state index in [4.69, 9.17) is 0 Å². The van der Waals surface area contributed by atoms with Crippen molar-refractivity contribution < 1.29 is 17.9 Å². The molecule has 0 aliphatic rings. The van der Waals surface area contributed by atoms with Crippen LogP contribution in [0.25, 0.3) is 16.8 Å². The monoisotopic (exact) mass is 381 g/mol. The molecule has 0 unspecified atom stereocenters. The molecular weight excluding hydrogens is 362 g/mol. The van der Waals surface area contributed by atoms with Gasteiger partial charge in [-0.3, -0.25) is 4.72 Å². The number of nitrogens with one attached hydrogen (secondary N) is 1. The highest BCUT2D eigenvalue weighted by atomic mass is 32.2. The molecule has 138 valence electrons. The second kappa shape index (κ2) is 7.63. The van der Waals surface area contributed by atoms with Crippen LogP contribution in [0.5, 0.6) is 0 Å². The SMILES string of the molecule is COC(=O)/C=C/c1ccc2ccccc2c1NS(=O)(=O)c1ccc(C)cc1. The number of anilines is 1. The molecule has 3 rings (SSSR count). The van der Waals surface area contributed by atoms with Crippen molar-refractivity contribution in [3.8, 4) is 0 Å². The molecular formula is C21H19NO4S. The maximum Gasteiger partial charge on any atom is 0.330 e. The van der Waals surface area contributed by atoms with Crippen LogP contribution in [0.15, 0.2) is 71.6 Å². The summed E-state index contributed by atoms with van der Waals surface area (Å²) in [6, 6.07) is 17.7. The van der Waals surface area contributed by atoms with Gasteiger partial charge in [-0.05, 0) is 36.1 Å². The van der Waals surface area contributed by atoms with Crippen molar-refractivity contribution in [3.05, 3.63) is 77.9 Å². The summed E-state index contributed by atoms with van der Waals surface area (Å²) in [5.41, 5.74) is 1.95. The van der Waals surface area contributed by atoms with E-state index in [1.165, 1.54) is 19.3 Å². The summed E-state index contributed by atoms with van der Waals surface area (Å²) < 4.78 is 33.0. The minimum absolute atomic E-state index is 0.170. The van der Waals surface area contributed by atoms with Crippen LogP contribution in [0, 0.1) is 6.92 Å². The van der Waals surface area contributed by atoms with Gasteiger partial charge in [0, 0.05) is 11.5 Å². The Bertz CT molecular complexity index is 1120. The molecule has 0 saturated carbocycles. The second-order valence-electron chi connectivity index (χ2n) is 6.03. The van der Waals surface area contributed by atoms with Gasteiger partial charge in [-0.25, -0.2) is 13.2 Å². The second-order valence-corrected chi connectivity index (χ2v) is 7.71. The van der Waals surface area contributed by atoms with Gasteiger partial charge < -0.3 is 4.74 Å². The van der Waals surface area contributed by atoms with Crippen molar-refractivity contribution >= 4 is 38.5 Å². The van der Waals surface area contributed by atoms with Crippen LogP contribution in [0.2, 0.25) is 0 Å². The first-order valence-corrected chi connectivity index (χ1v) is 9.76. The molecule has 3 aromatic carbocycles. The van der Waals surface area contributed by atoms with E-state index in [1.807, 2.05) is 37.3 Å². The van der Waals surface area contributed by atoms with Crippen molar-refractivity contribution in [2.45, 2.75) is 11.8 Å². The van der Waals surface area contributed by atoms with Gasteiger partial charge in [0.1, 0.15) is 0 Å². The van der Waals surface area contributed by atoms with Crippen LogP contribution in [0.3, 0.4) is 0 Å². The van der Waals surface area contributed by atoms with E-state index in [0.29, 0.717) is 11.3 Å². The molecule has 0 fully saturated rings. The Balaban J connectivity index is 2.11. The van der Waals surface area contributed by atoms with Crippen molar-refractivity contribution in [1.82, 2.24) is 0 Å². The largest absolute Gasteiger partial charge is 0.466 e. The van der Waals surface area contributed by atoms with Crippen molar-refractivity contribution in [2.24, 2.45) is 0 Å². The van der Waals surface area contributed by atoms with Gasteiger partial charge in [0.15, 0.2) is 0 Å². The number of rotatable bonds is 5. The van der Waals surface area contributed by atoms with E-state index in [0.717, 1.165) is 16.3 Å². The standard InChI is InChI=1S/C21H19NO4S/c1-15-7-12-18(13-8-15)27(24,25)22-21-17(11-14-20(23)26-2)10-9-16-5-3-4-6-19(16)21/h3-14,22H,1-2H3/b14-11+. The van der Waals surface area contributed by atoms with E-state index in [1.54, 1.807) is 30.3 Å². The maximum absolute atomic E-state index is 12.9. The number of hydrogen-bond donors (Lipinski definition) is 1. The molecule has 3 aromatic rings. The predicted octanol–water partition coefficient (Wildman–Crippen LogP) is 4.14. The van der Waals surface area contributed by atoms with E-state index >= 15 is 0 Å². The fourth-order valence-corrected chi connectivity index (χ4v) is 3.79. The van der Waals surface area contributed by atoms with E-state index in [2.05, 4.69) is 9.46 Å². The summed E-state index contributed by atoms with van der Waals surface area (Å²) in [6.07, 6.45) is 2.79. The van der Waals surface area contributed by atoms with Crippen molar-refractivity contribution in [2.75, 3.05) is 11.8 Å². The van der Waals surface area contributed by atoms with Gasteiger partial charge in [-0.1, -0.05) is 54.1 Å². The van der Waals surface area contributed by atoms with Gasteiger partial charge >= 0.3 is 5.97 Å². The molecule has 0 aromatic heterocycles. The van der Waals surface area contributed by atoms with Crippen LogP contribution >= 0.6 is 0 Å². The lowest BCUT2D eigenvalue weighted by Crippen LogP contribution is -2.14. The molecule has 6 heteroatoms. The molecule has 0 aliphatic heterocycles. The smallest absolute Gasteiger partial charge is 0.330 e. The Kier molecular flexibility index (Phi) is 5.28. The Morgan fingerprint density at radius 1 is 1.00 bits per heavy atom. The third kappa shape index (κ3) is 4.17. The first-order chi connectivity index (χ1) is 12.9. The Labute approximate surface area is 158 Å². The minimum atomic E-state index is -3.79. The highest BCUT2D eigenvalue weighted by molar-refractivity contribution is 7.92. The van der Waals surface area contributed by atoms with E-state index in [-0.39, 0.29) is 4.90 Å². The summed E-state index contributed by atoms with van der Waals surface area (Å²) in [6.45, 7) is 1.89. The summed E-state index contributed by atoms with van der Waals surface area (Å²) in [5, 5.41) is 1.62. The number of sulfonamides is 1. The lowest BCUT2D eigenvalue weighted by Gasteiger charge is -2.14. The number of methoxy groups -OCH3 is 1. The zero-order chi connectivity index (χ0) is 19.4. The van der Waals surface area contributed by atoms with Crippen LogP contribution < -0.4 is 4.72 Å². The number of esters is 1. The fourth-order valence-electron chi connectivity index (χ4n) is 2.68. The Morgan fingerprint density at radius 2 is 1.70 bits per heavy atom. The number of ether oxygens (including phenoxy) is 1. The third-order valence-corrected chi connectivity index (χ3v) is 5.49. The van der Waals surface area contributed by atoms with Gasteiger partial charge in [0.25, 0.3) is 10.0 Å². The van der Waals surface area contributed by atoms with Gasteiger partial charge in [-0.15, -0.1) is 0 Å². The summed E-state index contributed by atoms with van der Waals surface area (Å²) in [4.78, 5) is 11.6. The lowest BCUT2D eigenvalue weighted by atomic mass is 10.0. The average Bonchev–Trinajstić information content (AvgIpc) is 2.67. The topological polar surface area (TPSA) is 72.5 Å². The zero-order valence-corrected chi connectivity index (χ0v) is 15.8. The zero-order valence-electron chi connectivity index (χ0n) is 15.0. The number of benzene rings is 3. The maximum atomic E-state index is 12.9. The third-order valence-electron chi connectivity index (χ3n) is 4.13. The number of hydrogen-bond acceptors (Lipinski definition) is 4. The van der Waals surface area contributed by atoms with E-state index in [9.17, 15) is 13.2 Å². The molecule has 0 amide bonds. The summed E-state index contributed by atoms with van der Waals surface area (Å²) in [5.74, 6) is -0.518. The number of carbonyl (C=O) groups is 1. The van der Waals surface area contributed by atoms with E-state index < -0.39 is 16.0 Å². The fraction of sp³-hybridized carbons (Fsp3) is 0.0952. The normalized spacial score (nSPS) is 11.6. The lowest BCUT2D eigenvalue weighted by molar-refractivity contribution is -0.134. The predicted molar refractivity (Wildman–Crippen MR) is 107 cm³/mol. The average molecular weight is 381 g/mol. The number of aryl methyl sites for hydroxylation is 1. The molecule has 0 saturated heterocycles. The van der Waals surface area contributed by atoms with Crippen molar-refractivity contribution in [3.63, 3.8) is 0 Å². The Morgan fingerprint density at radius 3 is 2.41 bits per heavy atom. The van der Waals surface area contributed by atoms with Crippen LogP contribution in [0.4, 0.5) is 5.69 Å². The quantitative estimate of drug-likeness (QED) is 0.533. The minimum Gasteiger partial charge on any atom is -0.466 e. The summed E-state index contributed by atoms with van der Waals surface area (Å²) >= 11 is 0. The molecule has 0 atom stereocenters. The van der Waals surface area contributed by atoms with Crippen LogP contribution in [-0.4, -0.2) is 21.5 Å². The molecule has 0 radical (unpaired) electrons. The van der Waals surface area contributed by atoms with Crippen molar-refractivity contribution in [1.29, 1.82) is 0 Å². The molecule has 0 aliphatic carbocycles. The van der Waals surface area contributed by atoms with Crippen LogP contribution in [0.1, 0.15) is 11.1 Å². The van der Waals surface area contributed by atoms with Gasteiger partial charge in [0.2, 0.25) is 0 Å². The number of carbonyl (C=O) groups excluding carboxylic acids is 1. The first kappa shape index (κ1) is 18.7. The number of fused-ring (bicyclic) bond motifs is 1. The molecule has 27 heavy (non-hydrogen) atoms. The molecule has 0 bridgehead atoms. The Hall–Kier alpha value is -3.12. The van der Waals surface area contributed by atoms with Gasteiger partial charge in [-0.2, -0.15) is 0 Å². The molecule has 1 N–H and O–H groups in total. The summed E-state index contributed by atoms with van der Waals surface area (Å²) in [7, 11) is -2.50.